The molecule has 1 aromatic rings. The van der Waals surface area contributed by atoms with Gasteiger partial charge in [0, 0.05) is 6.20 Å². The quantitative estimate of drug-likeness (QED) is 0.709. The zero-order chi connectivity index (χ0) is 9.68. The standard InChI is InChI=1S/C11H17NO/c1-9(2)7-10(3)13-11-5-4-6-12-8-11/h4-6,8-10H,7H2,1-3H3. The molecule has 0 aromatic carbocycles. The summed E-state index contributed by atoms with van der Waals surface area (Å²) in [4.78, 5) is 3.99. The number of hydrogen-bond donors (Lipinski definition) is 0. The Labute approximate surface area is 80.0 Å². The molecule has 0 aliphatic heterocycles. The zero-order valence-electron chi connectivity index (χ0n) is 8.53. The molecule has 1 rings (SSSR count). The van der Waals surface area contributed by atoms with Crippen LogP contribution >= 0.6 is 0 Å². The molecule has 2 nitrogen and oxygen atoms in total. The van der Waals surface area contributed by atoms with E-state index in [0.29, 0.717) is 5.92 Å². The number of nitrogens with zero attached hydrogens (tertiary/aromatic N) is 1. The van der Waals surface area contributed by atoms with Crippen molar-refractivity contribution in [3.63, 3.8) is 0 Å². The van der Waals surface area contributed by atoms with Crippen LogP contribution in [0.15, 0.2) is 24.5 Å². The van der Waals surface area contributed by atoms with Gasteiger partial charge in [0.2, 0.25) is 0 Å². The average Bonchev–Trinajstić information content (AvgIpc) is 2.04. The van der Waals surface area contributed by atoms with Crippen LogP contribution in [0.5, 0.6) is 5.75 Å². The Morgan fingerprint density at radius 1 is 1.38 bits per heavy atom. The van der Waals surface area contributed by atoms with Crippen LogP contribution in [-0.2, 0) is 0 Å². The Hall–Kier alpha value is -1.05. The van der Waals surface area contributed by atoms with E-state index >= 15 is 0 Å². The van der Waals surface area contributed by atoms with Crippen LogP contribution in [0.1, 0.15) is 27.2 Å². The van der Waals surface area contributed by atoms with Crippen LogP contribution in [0.2, 0.25) is 0 Å². The molecule has 2 heteroatoms. The van der Waals surface area contributed by atoms with E-state index in [4.69, 9.17) is 4.74 Å². The first kappa shape index (κ1) is 10.0. The predicted molar refractivity (Wildman–Crippen MR) is 53.8 cm³/mol. The van der Waals surface area contributed by atoms with E-state index in [2.05, 4.69) is 25.8 Å². The van der Waals surface area contributed by atoms with Crippen LogP contribution in [0.4, 0.5) is 0 Å². The molecule has 0 amide bonds. The summed E-state index contributed by atoms with van der Waals surface area (Å²) >= 11 is 0. The predicted octanol–water partition coefficient (Wildman–Crippen LogP) is 2.90. The zero-order valence-corrected chi connectivity index (χ0v) is 8.53. The van der Waals surface area contributed by atoms with Crippen molar-refractivity contribution in [3.8, 4) is 5.75 Å². The molecule has 0 aliphatic carbocycles. The van der Waals surface area contributed by atoms with Crippen LogP contribution in [0, 0.1) is 5.92 Å². The molecule has 1 aromatic heterocycles. The maximum Gasteiger partial charge on any atom is 0.137 e. The molecule has 0 fully saturated rings. The minimum atomic E-state index is 0.268. The van der Waals surface area contributed by atoms with E-state index in [1.165, 1.54) is 0 Å². The molecule has 0 radical (unpaired) electrons. The van der Waals surface area contributed by atoms with Crippen molar-refractivity contribution in [3.05, 3.63) is 24.5 Å². The molecular formula is C11H17NO. The van der Waals surface area contributed by atoms with Crippen LogP contribution < -0.4 is 4.74 Å². The van der Waals surface area contributed by atoms with Crippen molar-refractivity contribution >= 4 is 0 Å². The number of hydrogen-bond acceptors (Lipinski definition) is 2. The molecule has 0 saturated heterocycles. The Morgan fingerprint density at radius 2 is 2.15 bits per heavy atom. The van der Waals surface area contributed by atoms with Gasteiger partial charge in [-0.2, -0.15) is 0 Å². The third-order valence-electron chi connectivity index (χ3n) is 1.77. The highest BCUT2D eigenvalue weighted by atomic mass is 16.5. The van der Waals surface area contributed by atoms with Gasteiger partial charge in [-0.3, -0.25) is 4.98 Å². The van der Waals surface area contributed by atoms with Gasteiger partial charge < -0.3 is 4.74 Å². The lowest BCUT2D eigenvalue weighted by atomic mass is 10.1. The number of aromatic nitrogens is 1. The van der Waals surface area contributed by atoms with Gasteiger partial charge in [0.15, 0.2) is 0 Å². The van der Waals surface area contributed by atoms with Crippen molar-refractivity contribution in [2.45, 2.75) is 33.3 Å². The normalized spacial score (nSPS) is 12.9. The van der Waals surface area contributed by atoms with Crippen molar-refractivity contribution in [2.75, 3.05) is 0 Å². The largest absolute Gasteiger partial charge is 0.489 e. The molecule has 1 heterocycles. The van der Waals surface area contributed by atoms with Crippen LogP contribution in [-0.4, -0.2) is 11.1 Å². The van der Waals surface area contributed by atoms with Crippen LogP contribution in [0.25, 0.3) is 0 Å². The fourth-order valence-corrected chi connectivity index (χ4v) is 1.36. The van der Waals surface area contributed by atoms with E-state index < -0.39 is 0 Å². The lowest BCUT2D eigenvalue weighted by molar-refractivity contribution is 0.192. The monoisotopic (exact) mass is 179 g/mol. The lowest BCUT2D eigenvalue weighted by Gasteiger charge is -2.15. The highest BCUT2D eigenvalue weighted by Gasteiger charge is 2.05. The first-order valence-electron chi connectivity index (χ1n) is 4.75. The van der Waals surface area contributed by atoms with E-state index in [-0.39, 0.29) is 6.10 Å². The van der Waals surface area contributed by atoms with E-state index in [9.17, 15) is 0 Å². The maximum absolute atomic E-state index is 5.66. The summed E-state index contributed by atoms with van der Waals surface area (Å²) in [7, 11) is 0. The van der Waals surface area contributed by atoms with Gasteiger partial charge in [-0.1, -0.05) is 13.8 Å². The molecule has 13 heavy (non-hydrogen) atoms. The lowest BCUT2D eigenvalue weighted by Crippen LogP contribution is -2.14. The minimum absolute atomic E-state index is 0.268. The van der Waals surface area contributed by atoms with Crippen molar-refractivity contribution in [1.82, 2.24) is 4.98 Å². The Balaban J connectivity index is 2.41. The molecule has 1 atom stereocenters. The third kappa shape index (κ3) is 3.92. The number of pyridine rings is 1. The molecule has 72 valence electrons. The SMILES string of the molecule is CC(C)CC(C)Oc1cccnc1. The summed E-state index contributed by atoms with van der Waals surface area (Å²) in [6, 6.07) is 3.82. The Kier molecular flexibility index (Phi) is 3.74. The van der Waals surface area contributed by atoms with Crippen LogP contribution in [0.3, 0.4) is 0 Å². The fraction of sp³-hybridized carbons (Fsp3) is 0.545. The third-order valence-corrected chi connectivity index (χ3v) is 1.77. The second kappa shape index (κ2) is 4.85. The second-order valence-corrected chi connectivity index (χ2v) is 3.75. The highest BCUT2D eigenvalue weighted by Crippen LogP contribution is 2.13. The number of ether oxygens (including phenoxy) is 1. The highest BCUT2D eigenvalue weighted by molar-refractivity contribution is 5.15. The van der Waals surface area contributed by atoms with Crippen molar-refractivity contribution in [1.29, 1.82) is 0 Å². The van der Waals surface area contributed by atoms with Gasteiger partial charge in [0.05, 0.1) is 12.3 Å². The molecule has 0 N–H and O–H groups in total. The summed E-state index contributed by atoms with van der Waals surface area (Å²) in [5.74, 6) is 1.53. The van der Waals surface area contributed by atoms with E-state index in [1.54, 1.807) is 12.4 Å². The molecular weight excluding hydrogens is 162 g/mol. The summed E-state index contributed by atoms with van der Waals surface area (Å²) < 4.78 is 5.66. The summed E-state index contributed by atoms with van der Waals surface area (Å²) in [6.07, 6.45) is 4.84. The molecule has 0 aliphatic rings. The fourth-order valence-electron chi connectivity index (χ4n) is 1.36. The summed E-state index contributed by atoms with van der Waals surface area (Å²) in [5, 5.41) is 0. The molecule has 0 spiro atoms. The smallest absolute Gasteiger partial charge is 0.137 e. The van der Waals surface area contributed by atoms with E-state index in [0.717, 1.165) is 12.2 Å². The first-order chi connectivity index (χ1) is 6.18. The molecule has 1 unspecified atom stereocenters. The van der Waals surface area contributed by atoms with Crippen molar-refractivity contribution < 1.29 is 4.74 Å². The topological polar surface area (TPSA) is 22.1 Å². The van der Waals surface area contributed by atoms with Gasteiger partial charge in [-0.25, -0.2) is 0 Å². The van der Waals surface area contributed by atoms with E-state index in [1.807, 2.05) is 12.1 Å². The molecule has 0 saturated carbocycles. The van der Waals surface area contributed by atoms with Gasteiger partial charge in [0.25, 0.3) is 0 Å². The maximum atomic E-state index is 5.66. The van der Waals surface area contributed by atoms with Gasteiger partial charge in [-0.05, 0) is 31.4 Å². The van der Waals surface area contributed by atoms with Gasteiger partial charge >= 0.3 is 0 Å². The van der Waals surface area contributed by atoms with Gasteiger partial charge in [-0.15, -0.1) is 0 Å². The summed E-state index contributed by atoms with van der Waals surface area (Å²) in [6.45, 7) is 6.49. The average molecular weight is 179 g/mol. The Morgan fingerprint density at radius 3 is 2.69 bits per heavy atom. The molecule has 0 bridgehead atoms. The Bertz CT molecular complexity index is 233. The number of rotatable bonds is 4. The van der Waals surface area contributed by atoms with Gasteiger partial charge in [0.1, 0.15) is 5.75 Å². The summed E-state index contributed by atoms with van der Waals surface area (Å²) in [5.41, 5.74) is 0. The first-order valence-corrected chi connectivity index (χ1v) is 4.75. The van der Waals surface area contributed by atoms with Crippen molar-refractivity contribution in [2.24, 2.45) is 5.92 Å². The minimum Gasteiger partial charge on any atom is -0.489 e. The second-order valence-electron chi connectivity index (χ2n) is 3.75.